The minimum absolute atomic E-state index is 0.00796. The number of hydrogen-bond donors (Lipinski definition) is 2. The van der Waals surface area contributed by atoms with Crippen LogP contribution in [0.2, 0.25) is 0 Å². The second-order valence-corrected chi connectivity index (χ2v) is 4.48. The summed E-state index contributed by atoms with van der Waals surface area (Å²) < 4.78 is 65.0. The van der Waals surface area contributed by atoms with Crippen LogP contribution in [0.1, 0.15) is 11.1 Å². The van der Waals surface area contributed by atoms with Crippen LogP contribution in [-0.2, 0) is 6.18 Å². The molecule has 7 heteroatoms. The first-order chi connectivity index (χ1) is 9.70. The van der Waals surface area contributed by atoms with Gasteiger partial charge in [-0.05, 0) is 36.8 Å². The van der Waals surface area contributed by atoms with E-state index in [-0.39, 0.29) is 16.9 Å². The summed E-state index contributed by atoms with van der Waals surface area (Å²) >= 11 is 0. The molecule has 0 aromatic heterocycles. The predicted molar refractivity (Wildman–Crippen MR) is 70.2 cm³/mol. The van der Waals surface area contributed by atoms with Crippen LogP contribution in [0.5, 0.6) is 0 Å². The van der Waals surface area contributed by atoms with E-state index < -0.39 is 29.1 Å². The normalized spacial score (nSPS) is 11.5. The lowest BCUT2D eigenvalue weighted by Gasteiger charge is -2.14. The molecule has 0 heterocycles. The van der Waals surface area contributed by atoms with Crippen LogP contribution >= 0.6 is 0 Å². The summed E-state index contributed by atoms with van der Waals surface area (Å²) in [5.74, 6) is -1.69. The van der Waals surface area contributed by atoms with Crippen molar-refractivity contribution in [2.45, 2.75) is 13.1 Å². The van der Waals surface area contributed by atoms with Gasteiger partial charge in [-0.2, -0.15) is 13.2 Å². The molecule has 2 aromatic rings. The maximum absolute atomic E-state index is 13.8. The molecular formula is C14H11F5N2. The van der Waals surface area contributed by atoms with Crippen LogP contribution in [0.4, 0.5) is 39.0 Å². The molecule has 2 rings (SSSR count). The van der Waals surface area contributed by atoms with E-state index >= 15 is 0 Å². The Morgan fingerprint density at radius 2 is 1.71 bits per heavy atom. The Kier molecular flexibility index (Phi) is 3.76. The Bertz CT molecular complexity index is 680. The van der Waals surface area contributed by atoms with Crippen molar-refractivity contribution in [1.29, 1.82) is 0 Å². The number of aryl methyl sites for hydroxylation is 1. The zero-order valence-corrected chi connectivity index (χ0v) is 10.9. The number of anilines is 3. The number of hydrogen-bond acceptors (Lipinski definition) is 2. The van der Waals surface area contributed by atoms with Crippen LogP contribution in [0.25, 0.3) is 0 Å². The van der Waals surface area contributed by atoms with Gasteiger partial charge in [0.05, 0.1) is 16.9 Å². The highest BCUT2D eigenvalue weighted by Gasteiger charge is 2.30. The largest absolute Gasteiger partial charge is 0.416 e. The SMILES string of the molecule is Cc1ccc(F)c(Nc2ccc(C(F)(F)F)cc2N)c1F. The van der Waals surface area contributed by atoms with E-state index in [1.54, 1.807) is 0 Å². The molecule has 2 nitrogen and oxygen atoms in total. The molecule has 0 amide bonds. The molecule has 0 aliphatic heterocycles. The first kappa shape index (κ1) is 15.1. The fourth-order valence-corrected chi connectivity index (χ4v) is 1.76. The molecule has 0 atom stereocenters. The van der Waals surface area contributed by atoms with Gasteiger partial charge in [0, 0.05) is 0 Å². The van der Waals surface area contributed by atoms with E-state index in [1.165, 1.54) is 13.0 Å². The van der Waals surface area contributed by atoms with Gasteiger partial charge < -0.3 is 11.1 Å². The van der Waals surface area contributed by atoms with Gasteiger partial charge in [0.1, 0.15) is 11.5 Å². The molecule has 21 heavy (non-hydrogen) atoms. The van der Waals surface area contributed by atoms with Gasteiger partial charge in [-0.15, -0.1) is 0 Å². The van der Waals surface area contributed by atoms with Gasteiger partial charge in [0.15, 0.2) is 5.82 Å². The zero-order chi connectivity index (χ0) is 15.8. The lowest BCUT2D eigenvalue weighted by Crippen LogP contribution is -2.07. The monoisotopic (exact) mass is 302 g/mol. The molecular weight excluding hydrogens is 291 g/mol. The summed E-state index contributed by atoms with van der Waals surface area (Å²) in [6.07, 6.45) is -4.54. The summed E-state index contributed by atoms with van der Waals surface area (Å²) in [6, 6.07) is 4.82. The van der Waals surface area contributed by atoms with Crippen molar-refractivity contribution in [3.8, 4) is 0 Å². The van der Waals surface area contributed by atoms with E-state index in [2.05, 4.69) is 5.32 Å². The fraction of sp³-hybridized carbons (Fsp3) is 0.143. The number of alkyl halides is 3. The summed E-state index contributed by atoms with van der Waals surface area (Å²) in [5.41, 5.74) is 4.04. The molecule has 0 aliphatic carbocycles. The van der Waals surface area contributed by atoms with Crippen molar-refractivity contribution < 1.29 is 22.0 Å². The Hall–Kier alpha value is -2.31. The van der Waals surface area contributed by atoms with Gasteiger partial charge >= 0.3 is 6.18 Å². The van der Waals surface area contributed by atoms with Crippen LogP contribution in [0.3, 0.4) is 0 Å². The quantitative estimate of drug-likeness (QED) is 0.627. The minimum atomic E-state index is -4.54. The fourth-order valence-electron chi connectivity index (χ4n) is 1.76. The highest BCUT2D eigenvalue weighted by molar-refractivity contribution is 5.74. The molecule has 2 aromatic carbocycles. The Morgan fingerprint density at radius 1 is 1.05 bits per heavy atom. The smallest absolute Gasteiger partial charge is 0.397 e. The van der Waals surface area contributed by atoms with Gasteiger partial charge in [0.25, 0.3) is 0 Å². The van der Waals surface area contributed by atoms with Crippen LogP contribution < -0.4 is 11.1 Å². The molecule has 0 bridgehead atoms. The molecule has 3 N–H and O–H groups in total. The Labute approximate surface area is 117 Å². The molecule has 0 fully saturated rings. The third-order valence-electron chi connectivity index (χ3n) is 2.92. The van der Waals surface area contributed by atoms with Crippen molar-refractivity contribution in [3.05, 3.63) is 53.1 Å². The minimum Gasteiger partial charge on any atom is -0.397 e. The third-order valence-corrected chi connectivity index (χ3v) is 2.92. The van der Waals surface area contributed by atoms with Gasteiger partial charge in [-0.25, -0.2) is 8.78 Å². The molecule has 112 valence electrons. The van der Waals surface area contributed by atoms with Crippen LogP contribution in [0.15, 0.2) is 30.3 Å². The topological polar surface area (TPSA) is 38.0 Å². The standard InChI is InChI=1S/C14H11F5N2/c1-7-2-4-9(15)13(12(7)16)21-11-5-3-8(6-10(11)20)14(17,18)19/h2-6,21H,20H2,1H3. The predicted octanol–water partition coefficient (Wildman–Crippen LogP) is 4.62. The maximum atomic E-state index is 13.8. The number of nitrogens with two attached hydrogens (primary N) is 1. The Morgan fingerprint density at radius 3 is 2.29 bits per heavy atom. The van der Waals surface area contributed by atoms with Gasteiger partial charge in [-0.1, -0.05) is 6.07 Å². The number of benzene rings is 2. The van der Waals surface area contributed by atoms with Crippen molar-refractivity contribution >= 4 is 17.1 Å². The second-order valence-electron chi connectivity index (χ2n) is 4.48. The summed E-state index contributed by atoms with van der Waals surface area (Å²) in [6.45, 7) is 1.44. The Balaban J connectivity index is 2.40. The number of nitrogens with one attached hydrogen (secondary N) is 1. The first-order valence-corrected chi connectivity index (χ1v) is 5.88. The highest BCUT2D eigenvalue weighted by atomic mass is 19.4. The highest BCUT2D eigenvalue weighted by Crippen LogP contribution is 2.34. The summed E-state index contributed by atoms with van der Waals surface area (Å²) in [4.78, 5) is 0. The molecule has 0 radical (unpaired) electrons. The van der Waals surface area contributed by atoms with E-state index in [9.17, 15) is 22.0 Å². The molecule has 0 saturated heterocycles. The van der Waals surface area contributed by atoms with Crippen molar-refractivity contribution in [2.24, 2.45) is 0 Å². The van der Waals surface area contributed by atoms with Crippen molar-refractivity contribution in [1.82, 2.24) is 0 Å². The van der Waals surface area contributed by atoms with E-state index in [1.807, 2.05) is 0 Å². The average molecular weight is 302 g/mol. The van der Waals surface area contributed by atoms with E-state index in [4.69, 9.17) is 5.73 Å². The molecule has 0 unspecified atom stereocenters. The first-order valence-electron chi connectivity index (χ1n) is 5.88. The van der Waals surface area contributed by atoms with Crippen LogP contribution in [0, 0.1) is 18.6 Å². The number of rotatable bonds is 2. The maximum Gasteiger partial charge on any atom is 0.416 e. The lowest BCUT2D eigenvalue weighted by atomic mass is 10.1. The summed E-state index contributed by atoms with van der Waals surface area (Å²) in [7, 11) is 0. The molecule has 0 saturated carbocycles. The van der Waals surface area contributed by atoms with Crippen molar-refractivity contribution in [3.63, 3.8) is 0 Å². The third kappa shape index (κ3) is 3.07. The average Bonchev–Trinajstić information content (AvgIpc) is 2.39. The van der Waals surface area contributed by atoms with Crippen LogP contribution in [-0.4, -0.2) is 0 Å². The number of halogens is 5. The van der Waals surface area contributed by atoms with E-state index in [0.717, 1.165) is 18.2 Å². The molecule has 0 spiro atoms. The van der Waals surface area contributed by atoms with Gasteiger partial charge in [-0.3, -0.25) is 0 Å². The lowest BCUT2D eigenvalue weighted by molar-refractivity contribution is -0.137. The van der Waals surface area contributed by atoms with Crippen molar-refractivity contribution in [2.75, 3.05) is 11.1 Å². The second kappa shape index (κ2) is 5.23. The summed E-state index contributed by atoms with van der Waals surface area (Å²) in [5, 5.41) is 2.39. The molecule has 0 aliphatic rings. The van der Waals surface area contributed by atoms with Gasteiger partial charge in [0.2, 0.25) is 0 Å². The number of nitrogen functional groups attached to an aromatic ring is 1. The zero-order valence-electron chi connectivity index (χ0n) is 10.9. The van der Waals surface area contributed by atoms with E-state index in [0.29, 0.717) is 6.07 Å².